The van der Waals surface area contributed by atoms with E-state index in [9.17, 15) is 4.79 Å². The highest BCUT2D eigenvalue weighted by Crippen LogP contribution is 2.24. The van der Waals surface area contributed by atoms with E-state index in [0.717, 1.165) is 11.8 Å². The summed E-state index contributed by atoms with van der Waals surface area (Å²) < 4.78 is 0. The predicted molar refractivity (Wildman–Crippen MR) is 59.1 cm³/mol. The van der Waals surface area contributed by atoms with Crippen molar-refractivity contribution in [3.8, 4) is 0 Å². The molecule has 0 aliphatic heterocycles. The van der Waals surface area contributed by atoms with Crippen LogP contribution in [0.25, 0.3) is 0 Å². The van der Waals surface area contributed by atoms with E-state index in [1.54, 1.807) is 13.0 Å². The van der Waals surface area contributed by atoms with E-state index in [-0.39, 0.29) is 11.2 Å². The predicted octanol–water partition coefficient (Wildman–Crippen LogP) is 3.18. The molecule has 0 atom stereocenters. The Kier molecular flexibility index (Phi) is 4.35. The number of aliphatic hydroxyl groups excluding tert-OH is 1. The van der Waals surface area contributed by atoms with Crippen LogP contribution in [0.4, 0.5) is 0 Å². The van der Waals surface area contributed by atoms with Gasteiger partial charge in [0.25, 0.3) is 0 Å². The van der Waals surface area contributed by atoms with E-state index in [1.165, 1.54) is 6.08 Å². The summed E-state index contributed by atoms with van der Waals surface area (Å²) in [5.41, 5.74) is 1.17. The highest BCUT2D eigenvalue weighted by molar-refractivity contribution is 6.03. The Bertz CT molecular complexity index is 288. The molecule has 0 aromatic heterocycles. The molecule has 0 aromatic carbocycles. The van der Waals surface area contributed by atoms with Crippen molar-refractivity contribution in [2.24, 2.45) is 5.41 Å². The second-order valence-electron chi connectivity index (χ2n) is 4.28. The molecular formula is C12H18O2. The number of allylic oxidation sites excluding steroid dienone is 4. The zero-order valence-corrected chi connectivity index (χ0v) is 9.29. The van der Waals surface area contributed by atoms with Gasteiger partial charge in [0.15, 0.2) is 5.78 Å². The van der Waals surface area contributed by atoms with Crippen molar-refractivity contribution in [1.29, 1.82) is 0 Å². The van der Waals surface area contributed by atoms with E-state index in [0.29, 0.717) is 5.57 Å². The summed E-state index contributed by atoms with van der Waals surface area (Å²) in [5, 5.41) is 8.59. The molecule has 0 bridgehead atoms. The number of hydrogen-bond acceptors (Lipinski definition) is 2. The molecule has 0 saturated carbocycles. The molecule has 0 spiro atoms. The number of aliphatic hydroxyl groups is 1. The fourth-order valence-corrected chi connectivity index (χ4v) is 0.621. The molecule has 78 valence electrons. The van der Waals surface area contributed by atoms with Crippen LogP contribution in [-0.4, -0.2) is 10.9 Å². The Morgan fingerprint density at radius 2 is 1.79 bits per heavy atom. The molecule has 0 unspecified atom stereocenters. The van der Waals surface area contributed by atoms with Crippen LogP contribution in [0, 0.1) is 5.41 Å². The van der Waals surface area contributed by atoms with Gasteiger partial charge in [-0.2, -0.15) is 0 Å². The van der Waals surface area contributed by atoms with E-state index in [2.05, 4.69) is 6.58 Å². The van der Waals surface area contributed by atoms with Gasteiger partial charge in [0.05, 0.1) is 6.26 Å². The first-order chi connectivity index (χ1) is 6.29. The molecule has 0 heterocycles. The molecule has 0 saturated heterocycles. The molecule has 1 N–H and O–H groups in total. The van der Waals surface area contributed by atoms with Gasteiger partial charge in [0, 0.05) is 5.57 Å². The lowest BCUT2D eigenvalue weighted by atomic mass is 9.87. The van der Waals surface area contributed by atoms with Gasteiger partial charge in [-0.25, -0.2) is 0 Å². The standard InChI is InChI=1S/C12H18O2/c1-9(8-13)11(14)7-6-10(2)12(3,4)5/h6-8,13H,2H2,1,3-5H3/b7-6-,9-8?. The minimum atomic E-state index is -0.196. The van der Waals surface area contributed by atoms with Crippen molar-refractivity contribution in [2.45, 2.75) is 27.7 Å². The van der Waals surface area contributed by atoms with Crippen molar-refractivity contribution >= 4 is 5.78 Å². The number of hydrogen-bond donors (Lipinski definition) is 1. The zero-order chi connectivity index (χ0) is 11.4. The molecule has 0 amide bonds. The molecule has 0 fully saturated rings. The molecule has 2 heteroatoms. The smallest absolute Gasteiger partial charge is 0.184 e. The largest absolute Gasteiger partial charge is 0.515 e. The average Bonchev–Trinajstić information content (AvgIpc) is 2.10. The SMILES string of the molecule is C=C(/C=C\C(=O)C(C)=CO)C(C)(C)C. The third-order valence-electron chi connectivity index (χ3n) is 1.98. The van der Waals surface area contributed by atoms with E-state index in [4.69, 9.17) is 5.11 Å². The van der Waals surface area contributed by atoms with Gasteiger partial charge in [-0.05, 0) is 24.0 Å². The summed E-state index contributed by atoms with van der Waals surface area (Å²) in [6, 6.07) is 0. The molecule has 2 nitrogen and oxygen atoms in total. The number of rotatable bonds is 3. The Labute approximate surface area is 85.6 Å². The van der Waals surface area contributed by atoms with Crippen molar-refractivity contribution < 1.29 is 9.90 Å². The van der Waals surface area contributed by atoms with Gasteiger partial charge in [-0.15, -0.1) is 0 Å². The van der Waals surface area contributed by atoms with Gasteiger partial charge in [0.2, 0.25) is 0 Å². The van der Waals surface area contributed by atoms with Crippen LogP contribution in [0.5, 0.6) is 0 Å². The monoisotopic (exact) mass is 194 g/mol. The van der Waals surface area contributed by atoms with Crippen molar-refractivity contribution in [3.63, 3.8) is 0 Å². The van der Waals surface area contributed by atoms with E-state index < -0.39 is 0 Å². The lowest BCUT2D eigenvalue weighted by Gasteiger charge is -2.18. The minimum absolute atomic E-state index is 0.0341. The Morgan fingerprint density at radius 1 is 1.29 bits per heavy atom. The normalized spacial score (nSPS) is 13.3. The molecule has 0 rings (SSSR count). The van der Waals surface area contributed by atoms with Crippen molar-refractivity contribution in [3.05, 3.63) is 36.1 Å². The first-order valence-corrected chi connectivity index (χ1v) is 4.52. The third-order valence-corrected chi connectivity index (χ3v) is 1.98. The quantitative estimate of drug-likeness (QED) is 0.425. The summed E-state index contributed by atoms with van der Waals surface area (Å²) >= 11 is 0. The van der Waals surface area contributed by atoms with Crippen LogP contribution in [0.2, 0.25) is 0 Å². The first kappa shape index (κ1) is 12.7. The van der Waals surface area contributed by atoms with Crippen LogP contribution in [0.3, 0.4) is 0 Å². The van der Waals surface area contributed by atoms with E-state index in [1.807, 2.05) is 20.8 Å². The fourth-order valence-electron chi connectivity index (χ4n) is 0.621. The van der Waals surface area contributed by atoms with Crippen LogP contribution >= 0.6 is 0 Å². The summed E-state index contributed by atoms with van der Waals surface area (Å²) in [5.74, 6) is -0.196. The topological polar surface area (TPSA) is 37.3 Å². The summed E-state index contributed by atoms with van der Waals surface area (Å²) in [6.07, 6.45) is 3.93. The highest BCUT2D eigenvalue weighted by Gasteiger charge is 2.12. The Hall–Kier alpha value is -1.31. The minimum Gasteiger partial charge on any atom is -0.515 e. The number of ketones is 1. The van der Waals surface area contributed by atoms with Gasteiger partial charge < -0.3 is 5.11 Å². The molecule has 0 radical (unpaired) electrons. The molecule has 0 aromatic rings. The summed E-state index contributed by atoms with van der Waals surface area (Å²) in [7, 11) is 0. The summed E-state index contributed by atoms with van der Waals surface area (Å²) in [4.78, 5) is 11.2. The molecule has 0 aliphatic rings. The van der Waals surface area contributed by atoms with Crippen molar-refractivity contribution in [2.75, 3.05) is 0 Å². The molecule has 14 heavy (non-hydrogen) atoms. The maximum Gasteiger partial charge on any atom is 0.184 e. The van der Waals surface area contributed by atoms with Gasteiger partial charge >= 0.3 is 0 Å². The first-order valence-electron chi connectivity index (χ1n) is 4.52. The lowest BCUT2D eigenvalue weighted by molar-refractivity contribution is -0.111. The number of carbonyl (C=O) groups is 1. The van der Waals surface area contributed by atoms with Gasteiger partial charge in [-0.1, -0.05) is 33.4 Å². The van der Waals surface area contributed by atoms with E-state index >= 15 is 0 Å². The van der Waals surface area contributed by atoms with Crippen molar-refractivity contribution in [1.82, 2.24) is 0 Å². The van der Waals surface area contributed by atoms with Crippen LogP contribution in [0.15, 0.2) is 36.1 Å². The Morgan fingerprint density at radius 3 is 2.14 bits per heavy atom. The maximum absolute atomic E-state index is 11.2. The molecular weight excluding hydrogens is 176 g/mol. The second-order valence-corrected chi connectivity index (χ2v) is 4.28. The highest BCUT2D eigenvalue weighted by atomic mass is 16.2. The van der Waals surface area contributed by atoms with Crippen LogP contribution in [-0.2, 0) is 4.79 Å². The average molecular weight is 194 g/mol. The fraction of sp³-hybridized carbons (Fsp3) is 0.417. The lowest BCUT2D eigenvalue weighted by Crippen LogP contribution is -2.06. The van der Waals surface area contributed by atoms with Gasteiger partial charge in [-0.3, -0.25) is 4.79 Å². The maximum atomic E-state index is 11.2. The molecule has 0 aliphatic carbocycles. The zero-order valence-electron chi connectivity index (χ0n) is 9.29. The van der Waals surface area contributed by atoms with Crippen LogP contribution < -0.4 is 0 Å². The summed E-state index contributed by atoms with van der Waals surface area (Å²) in [6.45, 7) is 11.5. The third kappa shape index (κ3) is 4.08. The second kappa shape index (κ2) is 4.80. The van der Waals surface area contributed by atoms with Gasteiger partial charge in [0.1, 0.15) is 0 Å². The van der Waals surface area contributed by atoms with Crippen LogP contribution in [0.1, 0.15) is 27.7 Å². The number of carbonyl (C=O) groups excluding carboxylic acids is 1. The Balaban J connectivity index is 4.48.